The van der Waals surface area contributed by atoms with Crippen LogP contribution in [0.5, 0.6) is 0 Å². The number of pyridine rings is 1. The lowest BCUT2D eigenvalue weighted by atomic mass is 10.0. The number of benzene rings is 1. The van der Waals surface area contributed by atoms with Crippen LogP contribution in [0.4, 0.5) is 5.82 Å². The quantitative estimate of drug-likeness (QED) is 0.533. The van der Waals surface area contributed by atoms with Gasteiger partial charge in [-0.2, -0.15) is 5.10 Å². The number of nitrogens with two attached hydrogens (primary N) is 1. The number of aryl methyl sites for hydroxylation is 1. The van der Waals surface area contributed by atoms with Crippen molar-refractivity contribution in [1.82, 2.24) is 29.1 Å². The van der Waals surface area contributed by atoms with E-state index in [1.807, 2.05) is 54.2 Å². The molecule has 0 fully saturated rings. The second kappa shape index (κ2) is 5.38. The van der Waals surface area contributed by atoms with E-state index in [2.05, 4.69) is 26.1 Å². The predicted molar refractivity (Wildman–Crippen MR) is 100 cm³/mol. The van der Waals surface area contributed by atoms with Crippen molar-refractivity contribution in [1.29, 1.82) is 0 Å². The van der Waals surface area contributed by atoms with Crippen molar-refractivity contribution < 1.29 is 0 Å². The van der Waals surface area contributed by atoms with Crippen LogP contribution in [-0.2, 0) is 7.05 Å². The Morgan fingerprint density at radius 1 is 1.00 bits per heavy atom. The van der Waals surface area contributed by atoms with Crippen molar-refractivity contribution in [2.24, 2.45) is 7.05 Å². The fourth-order valence-electron chi connectivity index (χ4n) is 3.23. The van der Waals surface area contributed by atoms with E-state index in [9.17, 15) is 0 Å². The van der Waals surface area contributed by atoms with Gasteiger partial charge >= 0.3 is 0 Å². The fraction of sp³-hybridized carbons (Fsp3) is 0.0526. The molecule has 7 heteroatoms. The highest BCUT2D eigenvalue weighted by atomic mass is 15.3. The molecule has 126 valence electrons. The number of nitrogen functional groups attached to an aromatic ring is 1. The minimum absolute atomic E-state index is 0.377. The van der Waals surface area contributed by atoms with Gasteiger partial charge in [0.25, 0.3) is 0 Å². The van der Waals surface area contributed by atoms with E-state index in [1.165, 1.54) is 0 Å². The van der Waals surface area contributed by atoms with Gasteiger partial charge in [0.05, 0.1) is 11.2 Å². The number of aromatic nitrogens is 6. The van der Waals surface area contributed by atoms with Crippen molar-refractivity contribution in [3.8, 4) is 22.6 Å². The van der Waals surface area contributed by atoms with Crippen LogP contribution < -0.4 is 5.73 Å². The standard InChI is InChI=1S/C19H15N7/c1-25-9-6-15(24-25)16-17(26-10-8-22-19(26)18(20)23-16)13-4-5-14-12(11-13)3-2-7-21-14/h2-11H,1H3,(H2,20,23). The Morgan fingerprint density at radius 2 is 1.92 bits per heavy atom. The highest BCUT2D eigenvalue weighted by Crippen LogP contribution is 2.33. The SMILES string of the molecule is Cn1ccc(-c2nc(N)c3nccn3c2-c2ccc3ncccc3c2)n1. The van der Waals surface area contributed by atoms with Gasteiger partial charge in [0, 0.05) is 42.8 Å². The van der Waals surface area contributed by atoms with Crippen molar-refractivity contribution in [2.45, 2.75) is 0 Å². The molecule has 0 saturated heterocycles. The summed E-state index contributed by atoms with van der Waals surface area (Å²) < 4.78 is 3.71. The van der Waals surface area contributed by atoms with Gasteiger partial charge in [0.2, 0.25) is 0 Å². The summed E-state index contributed by atoms with van der Waals surface area (Å²) in [6.07, 6.45) is 7.30. The molecule has 4 heterocycles. The molecule has 0 aliphatic rings. The lowest BCUT2D eigenvalue weighted by molar-refractivity contribution is 0.770. The average molecular weight is 341 g/mol. The van der Waals surface area contributed by atoms with E-state index in [0.717, 1.165) is 33.5 Å². The van der Waals surface area contributed by atoms with E-state index in [0.29, 0.717) is 11.5 Å². The molecule has 0 aliphatic heterocycles. The van der Waals surface area contributed by atoms with Crippen LogP contribution >= 0.6 is 0 Å². The molecule has 7 nitrogen and oxygen atoms in total. The first-order valence-corrected chi connectivity index (χ1v) is 8.18. The van der Waals surface area contributed by atoms with E-state index >= 15 is 0 Å². The van der Waals surface area contributed by atoms with Crippen molar-refractivity contribution in [3.05, 3.63) is 61.2 Å². The van der Waals surface area contributed by atoms with Gasteiger partial charge in [-0.3, -0.25) is 14.1 Å². The molecule has 0 amide bonds. The van der Waals surface area contributed by atoms with E-state index in [-0.39, 0.29) is 0 Å². The van der Waals surface area contributed by atoms with Crippen molar-refractivity contribution >= 4 is 22.4 Å². The van der Waals surface area contributed by atoms with Gasteiger partial charge < -0.3 is 5.73 Å². The Hall–Kier alpha value is -3.74. The maximum atomic E-state index is 6.14. The zero-order valence-corrected chi connectivity index (χ0v) is 14.0. The van der Waals surface area contributed by atoms with Crippen LogP contribution in [0.1, 0.15) is 0 Å². The normalized spacial score (nSPS) is 11.4. The highest BCUT2D eigenvalue weighted by molar-refractivity contribution is 5.88. The molecule has 0 spiro atoms. The number of hydrogen-bond donors (Lipinski definition) is 1. The molecule has 0 radical (unpaired) electrons. The largest absolute Gasteiger partial charge is 0.381 e. The number of nitrogens with zero attached hydrogens (tertiary/aromatic N) is 6. The smallest absolute Gasteiger partial charge is 0.180 e. The molecule has 0 bridgehead atoms. The minimum Gasteiger partial charge on any atom is -0.381 e. The molecule has 0 unspecified atom stereocenters. The molecule has 0 saturated carbocycles. The first kappa shape index (κ1) is 14.6. The summed E-state index contributed by atoms with van der Waals surface area (Å²) in [6, 6.07) is 12.0. The highest BCUT2D eigenvalue weighted by Gasteiger charge is 2.18. The van der Waals surface area contributed by atoms with Crippen molar-refractivity contribution in [2.75, 3.05) is 5.73 Å². The summed E-state index contributed by atoms with van der Waals surface area (Å²) in [5.74, 6) is 0.377. The van der Waals surface area contributed by atoms with Crippen LogP contribution in [0.2, 0.25) is 0 Å². The Kier molecular flexibility index (Phi) is 3.02. The number of anilines is 1. The molecule has 4 aromatic heterocycles. The second-order valence-electron chi connectivity index (χ2n) is 6.10. The Labute approximate surface area is 148 Å². The maximum Gasteiger partial charge on any atom is 0.180 e. The number of imidazole rings is 1. The molecule has 2 N–H and O–H groups in total. The molecule has 0 aliphatic carbocycles. The monoisotopic (exact) mass is 341 g/mol. The Balaban J connectivity index is 1.87. The van der Waals surface area contributed by atoms with Gasteiger partial charge in [-0.05, 0) is 24.3 Å². The molecular weight excluding hydrogens is 326 g/mol. The van der Waals surface area contributed by atoms with Crippen LogP contribution in [0.25, 0.3) is 39.2 Å². The van der Waals surface area contributed by atoms with Crippen LogP contribution in [-0.4, -0.2) is 29.1 Å². The van der Waals surface area contributed by atoms with Gasteiger partial charge in [0.1, 0.15) is 11.4 Å². The third kappa shape index (κ3) is 2.14. The van der Waals surface area contributed by atoms with E-state index in [4.69, 9.17) is 5.73 Å². The van der Waals surface area contributed by atoms with Crippen molar-refractivity contribution in [3.63, 3.8) is 0 Å². The predicted octanol–water partition coefficient (Wildman–Crippen LogP) is 2.93. The third-order valence-electron chi connectivity index (χ3n) is 4.40. The van der Waals surface area contributed by atoms with Gasteiger partial charge in [-0.25, -0.2) is 9.97 Å². The van der Waals surface area contributed by atoms with Gasteiger partial charge in [-0.15, -0.1) is 0 Å². The van der Waals surface area contributed by atoms with Crippen LogP contribution in [0.3, 0.4) is 0 Å². The molecule has 26 heavy (non-hydrogen) atoms. The summed E-state index contributed by atoms with van der Waals surface area (Å²) in [6.45, 7) is 0. The van der Waals surface area contributed by atoms with Crippen LogP contribution in [0, 0.1) is 0 Å². The fourth-order valence-corrected chi connectivity index (χ4v) is 3.23. The molecule has 1 aromatic carbocycles. The van der Waals surface area contributed by atoms with Gasteiger partial charge in [-0.1, -0.05) is 12.1 Å². The zero-order chi connectivity index (χ0) is 17.7. The number of fused-ring (bicyclic) bond motifs is 2. The number of hydrogen-bond acceptors (Lipinski definition) is 5. The first-order valence-electron chi connectivity index (χ1n) is 8.18. The average Bonchev–Trinajstić information content (AvgIpc) is 3.30. The summed E-state index contributed by atoms with van der Waals surface area (Å²) in [5, 5.41) is 5.57. The number of rotatable bonds is 2. The molecule has 5 aromatic rings. The lowest BCUT2D eigenvalue weighted by Crippen LogP contribution is -2.04. The molecule has 5 rings (SSSR count). The second-order valence-corrected chi connectivity index (χ2v) is 6.10. The Morgan fingerprint density at radius 3 is 2.77 bits per heavy atom. The van der Waals surface area contributed by atoms with E-state index < -0.39 is 0 Å². The Bertz CT molecular complexity index is 1270. The summed E-state index contributed by atoms with van der Waals surface area (Å²) in [7, 11) is 1.88. The third-order valence-corrected chi connectivity index (χ3v) is 4.40. The lowest BCUT2D eigenvalue weighted by Gasteiger charge is -2.12. The van der Waals surface area contributed by atoms with Crippen LogP contribution in [0.15, 0.2) is 61.2 Å². The zero-order valence-electron chi connectivity index (χ0n) is 14.0. The maximum absolute atomic E-state index is 6.14. The topological polar surface area (TPSA) is 86.9 Å². The molecule has 0 atom stereocenters. The van der Waals surface area contributed by atoms with Gasteiger partial charge in [0.15, 0.2) is 11.5 Å². The molecular formula is C19H15N7. The summed E-state index contributed by atoms with van der Waals surface area (Å²) in [5.41, 5.74) is 11.1. The summed E-state index contributed by atoms with van der Waals surface area (Å²) >= 11 is 0. The van der Waals surface area contributed by atoms with E-state index in [1.54, 1.807) is 17.1 Å². The summed E-state index contributed by atoms with van der Waals surface area (Å²) in [4.78, 5) is 13.4. The minimum atomic E-state index is 0.377. The first-order chi connectivity index (χ1) is 12.7.